The van der Waals surface area contributed by atoms with Crippen LogP contribution in [0, 0.1) is 6.92 Å². The molecule has 2 rings (SSSR count). The highest BCUT2D eigenvalue weighted by Crippen LogP contribution is 2.34. The fourth-order valence-electron chi connectivity index (χ4n) is 2.61. The topological polar surface area (TPSA) is 75.7 Å². The van der Waals surface area contributed by atoms with Gasteiger partial charge in [-0.25, -0.2) is 4.79 Å². The molecule has 0 radical (unpaired) electrons. The Morgan fingerprint density at radius 2 is 1.93 bits per heavy atom. The Balaban J connectivity index is 2.35. The summed E-state index contributed by atoms with van der Waals surface area (Å²) in [6, 6.07) is 3.80. The summed E-state index contributed by atoms with van der Waals surface area (Å²) in [6.45, 7) is 8.54. The van der Waals surface area contributed by atoms with Gasteiger partial charge >= 0.3 is 5.97 Å². The van der Waals surface area contributed by atoms with E-state index in [1.807, 2.05) is 31.4 Å². The third-order valence-corrected chi connectivity index (χ3v) is 6.08. The van der Waals surface area contributed by atoms with Crippen LogP contribution in [0.4, 0.5) is 5.00 Å². The summed E-state index contributed by atoms with van der Waals surface area (Å²) in [5.41, 5.74) is 0.762. The molecule has 0 unspecified atom stereocenters. The standard InChI is InChI=1S/C20H24N2O4S2/c1-5-22(6-2)19(24)17-13(4)16(20(25)26-7-3)18(28-17)21-15(23)11-10-14-9-8-12-27-14/h8-12H,5-7H2,1-4H3,(H,21,23)/b11-10+. The van der Waals surface area contributed by atoms with Crippen molar-refractivity contribution in [2.75, 3.05) is 25.0 Å². The summed E-state index contributed by atoms with van der Waals surface area (Å²) in [4.78, 5) is 40.6. The summed E-state index contributed by atoms with van der Waals surface area (Å²) in [6.07, 6.45) is 3.11. The highest BCUT2D eigenvalue weighted by atomic mass is 32.1. The molecule has 0 atom stereocenters. The Labute approximate surface area is 172 Å². The molecule has 1 N–H and O–H groups in total. The summed E-state index contributed by atoms with van der Waals surface area (Å²) >= 11 is 2.62. The zero-order valence-corrected chi connectivity index (χ0v) is 18.0. The van der Waals surface area contributed by atoms with Crippen molar-refractivity contribution >= 4 is 51.5 Å². The Morgan fingerprint density at radius 1 is 1.21 bits per heavy atom. The minimum atomic E-state index is -0.549. The number of hydrogen-bond donors (Lipinski definition) is 1. The van der Waals surface area contributed by atoms with Crippen LogP contribution in [-0.2, 0) is 9.53 Å². The van der Waals surface area contributed by atoms with Gasteiger partial charge in [-0.15, -0.1) is 22.7 Å². The van der Waals surface area contributed by atoms with Crippen molar-refractivity contribution in [2.24, 2.45) is 0 Å². The smallest absolute Gasteiger partial charge is 0.341 e. The lowest BCUT2D eigenvalue weighted by Gasteiger charge is -2.18. The Bertz CT molecular complexity index is 865. The molecular weight excluding hydrogens is 396 g/mol. The fraction of sp³-hybridized carbons (Fsp3) is 0.350. The van der Waals surface area contributed by atoms with Gasteiger partial charge in [0.1, 0.15) is 5.00 Å². The second-order valence-corrected chi connectivity index (χ2v) is 7.80. The molecular formula is C20H24N2O4S2. The first-order chi connectivity index (χ1) is 13.4. The van der Waals surface area contributed by atoms with Crippen molar-refractivity contribution in [3.05, 3.63) is 44.5 Å². The Hall–Kier alpha value is -2.45. The largest absolute Gasteiger partial charge is 0.462 e. The number of anilines is 1. The number of esters is 1. The van der Waals surface area contributed by atoms with Crippen LogP contribution in [0.3, 0.4) is 0 Å². The molecule has 0 fully saturated rings. The lowest BCUT2D eigenvalue weighted by molar-refractivity contribution is -0.111. The van der Waals surface area contributed by atoms with Gasteiger partial charge in [0.05, 0.1) is 17.0 Å². The molecule has 150 valence electrons. The second kappa shape index (κ2) is 10.2. The van der Waals surface area contributed by atoms with Crippen LogP contribution < -0.4 is 5.32 Å². The van der Waals surface area contributed by atoms with Crippen LogP contribution in [0.15, 0.2) is 23.6 Å². The van der Waals surface area contributed by atoms with Gasteiger partial charge in [0, 0.05) is 24.0 Å². The van der Waals surface area contributed by atoms with Gasteiger partial charge in [0.25, 0.3) is 5.91 Å². The van der Waals surface area contributed by atoms with Crippen molar-refractivity contribution in [3.63, 3.8) is 0 Å². The zero-order valence-electron chi connectivity index (χ0n) is 16.4. The van der Waals surface area contributed by atoms with Crippen molar-refractivity contribution < 1.29 is 19.1 Å². The van der Waals surface area contributed by atoms with Crippen LogP contribution in [0.25, 0.3) is 6.08 Å². The number of carbonyl (C=O) groups is 3. The predicted octanol–water partition coefficient (Wildman–Crippen LogP) is 4.43. The molecule has 8 heteroatoms. The van der Waals surface area contributed by atoms with Gasteiger partial charge in [-0.3, -0.25) is 9.59 Å². The Morgan fingerprint density at radius 3 is 2.50 bits per heavy atom. The number of rotatable bonds is 8. The summed E-state index contributed by atoms with van der Waals surface area (Å²) in [7, 11) is 0. The molecule has 0 saturated heterocycles. The van der Waals surface area contributed by atoms with E-state index in [4.69, 9.17) is 4.74 Å². The van der Waals surface area contributed by atoms with E-state index in [2.05, 4.69) is 5.32 Å². The lowest BCUT2D eigenvalue weighted by atomic mass is 10.1. The van der Waals surface area contributed by atoms with Gasteiger partial charge < -0.3 is 15.0 Å². The van der Waals surface area contributed by atoms with Crippen molar-refractivity contribution in [1.29, 1.82) is 0 Å². The first-order valence-corrected chi connectivity index (χ1v) is 10.7. The Kier molecular flexibility index (Phi) is 7.95. The molecule has 2 aromatic rings. The van der Waals surface area contributed by atoms with E-state index in [1.54, 1.807) is 24.8 Å². The SMILES string of the molecule is CCOC(=O)c1c(NC(=O)/C=C/c2cccs2)sc(C(=O)N(CC)CC)c1C. The van der Waals surface area contributed by atoms with Crippen LogP contribution in [0.5, 0.6) is 0 Å². The van der Waals surface area contributed by atoms with E-state index in [-0.39, 0.29) is 24.0 Å². The fourth-order valence-corrected chi connectivity index (χ4v) is 4.39. The first kappa shape index (κ1) is 21.8. The third-order valence-electron chi connectivity index (χ3n) is 4.05. The molecule has 0 saturated carbocycles. The van der Waals surface area contributed by atoms with E-state index < -0.39 is 5.97 Å². The number of amides is 2. The lowest BCUT2D eigenvalue weighted by Crippen LogP contribution is -2.30. The minimum Gasteiger partial charge on any atom is -0.462 e. The molecule has 0 aliphatic rings. The number of thiophene rings is 2. The third kappa shape index (κ3) is 5.08. The van der Waals surface area contributed by atoms with E-state index >= 15 is 0 Å². The molecule has 0 spiro atoms. The van der Waals surface area contributed by atoms with Crippen LogP contribution in [0.1, 0.15) is 51.2 Å². The average Bonchev–Trinajstić information content (AvgIpc) is 3.29. The molecule has 0 aliphatic carbocycles. The number of hydrogen-bond acceptors (Lipinski definition) is 6. The van der Waals surface area contributed by atoms with E-state index in [0.717, 1.165) is 16.2 Å². The number of nitrogens with one attached hydrogen (secondary N) is 1. The van der Waals surface area contributed by atoms with E-state index in [1.165, 1.54) is 17.4 Å². The van der Waals surface area contributed by atoms with E-state index in [0.29, 0.717) is 28.5 Å². The minimum absolute atomic E-state index is 0.160. The van der Waals surface area contributed by atoms with Crippen molar-refractivity contribution in [2.45, 2.75) is 27.7 Å². The molecule has 2 amide bonds. The highest BCUT2D eigenvalue weighted by molar-refractivity contribution is 7.18. The molecule has 6 nitrogen and oxygen atoms in total. The second-order valence-electron chi connectivity index (χ2n) is 5.80. The van der Waals surface area contributed by atoms with Crippen LogP contribution in [0.2, 0.25) is 0 Å². The molecule has 0 bridgehead atoms. The van der Waals surface area contributed by atoms with Gasteiger partial charge in [0.2, 0.25) is 5.91 Å². The molecule has 2 aromatic heterocycles. The predicted molar refractivity (Wildman–Crippen MR) is 114 cm³/mol. The van der Waals surface area contributed by atoms with Gasteiger partial charge in [-0.2, -0.15) is 0 Å². The van der Waals surface area contributed by atoms with Gasteiger partial charge in [-0.05, 0) is 50.8 Å². The number of ether oxygens (including phenoxy) is 1. The quantitative estimate of drug-likeness (QED) is 0.506. The molecule has 0 aliphatic heterocycles. The van der Waals surface area contributed by atoms with Gasteiger partial charge in [0.15, 0.2) is 0 Å². The maximum atomic E-state index is 12.8. The molecule has 28 heavy (non-hydrogen) atoms. The van der Waals surface area contributed by atoms with E-state index in [9.17, 15) is 14.4 Å². The molecule has 0 aromatic carbocycles. The summed E-state index contributed by atoms with van der Waals surface area (Å²) in [5, 5.41) is 4.98. The zero-order chi connectivity index (χ0) is 20.7. The van der Waals surface area contributed by atoms with Crippen LogP contribution >= 0.6 is 22.7 Å². The average molecular weight is 421 g/mol. The van der Waals surface area contributed by atoms with Gasteiger partial charge in [-0.1, -0.05) is 6.07 Å². The van der Waals surface area contributed by atoms with Crippen molar-refractivity contribution in [3.8, 4) is 0 Å². The molecule has 2 heterocycles. The van der Waals surface area contributed by atoms with Crippen LogP contribution in [-0.4, -0.2) is 42.4 Å². The summed E-state index contributed by atoms with van der Waals surface area (Å²) in [5.74, 6) is -1.08. The normalized spacial score (nSPS) is 10.9. The first-order valence-electron chi connectivity index (χ1n) is 9.05. The maximum Gasteiger partial charge on any atom is 0.341 e. The summed E-state index contributed by atoms with van der Waals surface area (Å²) < 4.78 is 5.13. The monoisotopic (exact) mass is 420 g/mol. The number of carbonyl (C=O) groups excluding carboxylic acids is 3. The number of nitrogens with zero attached hydrogens (tertiary/aromatic N) is 1. The highest BCUT2D eigenvalue weighted by Gasteiger charge is 2.27. The van der Waals surface area contributed by atoms with Crippen molar-refractivity contribution in [1.82, 2.24) is 4.90 Å². The maximum absolute atomic E-state index is 12.8.